The van der Waals surface area contributed by atoms with Crippen LogP contribution in [0.15, 0.2) is 0 Å². The molecule has 0 unspecified atom stereocenters. The summed E-state index contributed by atoms with van der Waals surface area (Å²) in [5.74, 6) is -0.109. The zero-order valence-corrected chi connectivity index (χ0v) is 9.06. The van der Waals surface area contributed by atoms with E-state index in [1.54, 1.807) is 0 Å². The van der Waals surface area contributed by atoms with E-state index in [9.17, 15) is 4.79 Å². The highest BCUT2D eigenvalue weighted by Gasteiger charge is 2.22. The normalized spacial score (nSPS) is 11.4. The smallest absolute Gasteiger partial charge is 0.311 e. The average molecular weight is 185 g/mol. The first-order valence-electron chi connectivity index (χ1n) is 4.95. The molecule has 0 bridgehead atoms. The Balaban J connectivity index is 3.38. The third kappa shape index (κ3) is 6.62. The Kier molecular flexibility index (Phi) is 5.76. The minimum atomic E-state index is -0.369. The molecular formula is C11H21O2. The molecule has 0 saturated heterocycles. The van der Waals surface area contributed by atoms with Gasteiger partial charge in [0.2, 0.25) is 0 Å². The molecule has 0 amide bonds. The lowest BCUT2D eigenvalue weighted by molar-refractivity contribution is -0.153. The molecule has 1 radical (unpaired) electrons. The predicted octanol–water partition coefficient (Wildman–Crippen LogP) is 2.97. The van der Waals surface area contributed by atoms with Crippen molar-refractivity contribution in [1.29, 1.82) is 0 Å². The van der Waals surface area contributed by atoms with Gasteiger partial charge in [-0.2, -0.15) is 0 Å². The minimum absolute atomic E-state index is 0.109. The van der Waals surface area contributed by atoms with Crippen LogP contribution in [0.4, 0.5) is 0 Å². The SMILES string of the molecule is [CH2]CCCCCOC(=O)C(C)(C)C. The summed E-state index contributed by atoms with van der Waals surface area (Å²) in [6, 6.07) is 0. The van der Waals surface area contributed by atoms with E-state index in [4.69, 9.17) is 4.74 Å². The molecule has 13 heavy (non-hydrogen) atoms. The third-order valence-electron chi connectivity index (χ3n) is 1.74. The van der Waals surface area contributed by atoms with Crippen LogP contribution < -0.4 is 0 Å². The zero-order valence-electron chi connectivity index (χ0n) is 9.06. The van der Waals surface area contributed by atoms with Crippen molar-refractivity contribution in [2.75, 3.05) is 6.61 Å². The highest BCUT2D eigenvalue weighted by molar-refractivity contribution is 5.75. The van der Waals surface area contributed by atoms with Crippen molar-refractivity contribution in [2.24, 2.45) is 5.41 Å². The first kappa shape index (κ1) is 12.5. The molecule has 0 aromatic carbocycles. The van der Waals surface area contributed by atoms with Gasteiger partial charge in [-0.25, -0.2) is 0 Å². The fraction of sp³-hybridized carbons (Fsp3) is 0.818. The van der Waals surface area contributed by atoms with Crippen molar-refractivity contribution in [3.8, 4) is 0 Å². The molecule has 2 heteroatoms. The lowest BCUT2D eigenvalue weighted by atomic mass is 9.97. The Morgan fingerprint density at radius 1 is 1.23 bits per heavy atom. The second-order valence-corrected chi connectivity index (χ2v) is 4.30. The van der Waals surface area contributed by atoms with Crippen LogP contribution in [0.3, 0.4) is 0 Å². The topological polar surface area (TPSA) is 26.3 Å². The summed E-state index contributed by atoms with van der Waals surface area (Å²) in [6.07, 6.45) is 4.14. The van der Waals surface area contributed by atoms with Gasteiger partial charge in [0, 0.05) is 0 Å². The highest BCUT2D eigenvalue weighted by atomic mass is 16.5. The van der Waals surface area contributed by atoms with Crippen LogP contribution in [0.5, 0.6) is 0 Å². The molecule has 0 fully saturated rings. The van der Waals surface area contributed by atoms with Gasteiger partial charge in [0.05, 0.1) is 12.0 Å². The van der Waals surface area contributed by atoms with E-state index in [0.717, 1.165) is 25.7 Å². The maximum atomic E-state index is 11.3. The molecule has 0 N–H and O–H groups in total. The van der Waals surface area contributed by atoms with Crippen LogP contribution in [0.1, 0.15) is 46.5 Å². The fourth-order valence-corrected chi connectivity index (χ4v) is 0.837. The number of esters is 1. The van der Waals surface area contributed by atoms with Crippen LogP contribution in [0.25, 0.3) is 0 Å². The summed E-state index contributed by atoms with van der Waals surface area (Å²) in [5, 5.41) is 0. The Morgan fingerprint density at radius 2 is 1.85 bits per heavy atom. The molecule has 0 saturated carbocycles. The number of carbonyl (C=O) groups is 1. The molecule has 77 valence electrons. The minimum Gasteiger partial charge on any atom is -0.465 e. The number of unbranched alkanes of at least 4 members (excludes halogenated alkanes) is 3. The fourth-order valence-electron chi connectivity index (χ4n) is 0.837. The van der Waals surface area contributed by atoms with Gasteiger partial charge < -0.3 is 4.74 Å². The average Bonchev–Trinajstić information content (AvgIpc) is 2.02. The largest absolute Gasteiger partial charge is 0.465 e. The van der Waals surface area contributed by atoms with Crippen molar-refractivity contribution in [3.05, 3.63) is 6.92 Å². The molecule has 0 heterocycles. The Bertz CT molecular complexity index is 145. The molecule has 0 aliphatic heterocycles. The maximum absolute atomic E-state index is 11.3. The number of hydrogen-bond donors (Lipinski definition) is 0. The van der Waals surface area contributed by atoms with Gasteiger partial charge in [-0.15, -0.1) is 0 Å². The summed E-state index contributed by atoms with van der Waals surface area (Å²) in [4.78, 5) is 11.3. The van der Waals surface area contributed by atoms with Crippen molar-refractivity contribution in [1.82, 2.24) is 0 Å². The first-order chi connectivity index (χ1) is 5.98. The quantitative estimate of drug-likeness (QED) is 0.486. The summed E-state index contributed by atoms with van der Waals surface area (Å²) in [7, 11) is 0. The molecule has 0 rings (SSSR count). The molecule has 2 nitrogen and oxygen atoms in total. The van der Waals surface area contributed by atoms with Crippen LogP contribution >= 0.6 is 0 Å². The lowest BCUT2D eigenvalue weighted by Gasteiger charge is -2.16. The van der Waals surface area contributed by atoms with Crippen molar-refractivity contribution >= 4 is 5.97 Å². The third-order valence-corrected chi connectivity index (χ3v) is 1.74. The lowest BCUT2D eigenvalue weighted by Crippen LogP contribution is -2.23. The summed E-state index contributed by atoms with van der Waals surface area (Å²) >= 11 is 0. The Morgan fingerprint density at radius 3 is 2.31 bits per heavy atom. The molecule has 0 aliphatic carbocycles. The molecule has 0 spiro atoms. The highest BCUT2D eigenvalue weighted by Crippen LogP contribution is 2.15. The van der Waals surface area contributed by atoms with E-state index in [-0.39, 0.29) is 11.4 Å². The second kappa shape index (κ2) is 6.01. The van der Waals surface area contributed by atoms with Crippen molar-refractivity contribution in [3.63, 3.8) is 0 Å². The van der Waals surface area contributed by atoms with E-state index in [1.807, 2.05) is 20.8 Å². The van der Waals surface area contributed by atoms with Crippen LogP contribution in [0, 0.1) is 12.3 Å². The predicted molar refractivity (Wildman–Crippen MR) is 54.2 cm³/mol. The van der Waals surface area contributed by atoms with Crippen LogP contribution in [-0.4, -0.2) is 12.6 Å². The van der Waals surface area contributed by atoms with E-state index in [2.05, 4.69) is 6.92 Å². The van der Waals surface area contributed by atoms with Gasteiger partial charge in [-0.05, 0) is 27.2 Å². The van der Waals surface area contributed by atoms with Crippen molar-refractivity contribution < 1.29 is 9.53 Å². The van der Waals surface area contributed by atoms with E-state index in [0.29, 0.717) is 6.61 Å². The van der Waals surface area contributed by atoms with Crippen LogP contribution in [0.2, 0.25) is 0 Å². The van der Waals surface area contributed by atoms with Gasteiger partial charge in [-0.3, -0.25) is 4.79 Å². The number of hydrogen-bond acceptors (Lipinski definition) is 2. The summed E-state index contributed by atoms with van der Waals surface area (Å²) < 4.78 is 5.09. The molecule has 0 aliphatic rings. The second-order valence-electron chi connectivity index (χ2n) is 4.30. The Labute approximate surface area is 81.7 Å². The van der Waals surface area contributed by atoms with Gasteiger partial charge in [0.25, 0.3) is 0 Å². The summed E-state index contributed by atoms with van der Waals surface area (Å²) in [5.41, 5.74) is -0.369. The summed E-state index contributed by atoms with van der Waals surface area (Å²) in [6.45, 7) is 9.90. The molecular weight excluding hydrogens is 164 g/mol. The maximum Gasteiger partial charge on any atom is 0.311 e. The number of carbonyl (C=O) groups excluding carboxylic acids is 1. The van der Waals surface area contributed by atoms with E-state index in [1.165, 1.54) is 0 Å². The van der Waals surface area contributed by atoms with E-state index >= 15 is 0 Å². The van der Waals surface area contributed by atoms with Gasteiger partial charge >= 0.3 is 5.97 Å². The van der Waals surface area contributed by atoms with Crippen molar-refractivity contribution in [2.45, 2.75) is 46.5 Å². The zero-order chi connectivity index (χ0) is 10.3. The first-order valence-corrected chi connectivity index (χ1v) is 4.95. The molecule has 0 atom stereocenters. The standard InChI is InChI=1S/C11H21O2/c1-5-6-7-8-9-13-10(12)11(2,3)4/h1,5-9H2,2-4H3. The van der Waals surface area contributed by atoms with Gasteiger partial charge in [0.15, 0.2) is 0 Å². The van der Waals surface area contributed by atoms with Crippen LogP contribution in [-0.2, 0) is 9.53 Å². The monoisotopic (exact) mass is 185 g/mol. The Hall–Kier alpha value is -0.530. The number of rotatable bonds is 5. The van der Waals surface area contributed by atoms with E-state index < -0.39 is 0 Å². The van der Waals surface area contributed by atoms with Gasteiger partial charge in [0.1, 0.15) is 0 Å². The molecule has 0 aromatic rings. The number of ether oxygens (including phenoxy) is 1. The molecule has 0 aromatic heterocycles. The van der Waals surface area contributed by atoms with Gasteiger partial charge in [-0.1, -0.05) is 26.2 Å².